The van der Waals surface area contributed by atoms with E-state index < -0.39 is 0 Å². The standard InChI is InChI=1S/C14H17NO/c1-9(2)7-8-11-5-4-6-12-13(11)10(3)14(16)15-12/h4-7,10H,8H2,1-3H3,(H,15,16). The SMILES string of the molecule is CC(C)=CCc1cccc2c1C(C)C(=O)N2. The summed E-state index contributed by atoms with van der Waals surface area (Å²) in [6.07, 6.45) is 3.11. The minimum absolute atomic E-state index is 0.0169. The maximum atomic E-state index is 11.6. The predicted octanol–water partition coefficient (Wildman–Crippen LogP) is 3.25. The number of amides is 1. The van der Waals surface area contributed by atoms with Gasteiger partial charge in [0.05, 0.1) is 5.92 Å². The van der Waals surface area contributed by atoms with Crippen LogP contribution in [-0.2, 0) is 11.2 Å². The number of anilines is 1. The fourth-order valence-electron chi connectivity index (χ4n) is 2.10. The van der Waals surface area contributed by atoms with Crippen molar-refractivity contribution in [1.82, 2.24) is 0 Å². The Morgan fingerprint density at radius 2 is 2.19 bits per heavy atom. The third kappa shape index (κ3) is 1.87. The zero-order valence-corrected chi connectivity index (χ0v) is 10.0. The first-order valence-corrected chi connectivity index (χ1v) is 5.65. The van der Waals surface area contributed by atoms with Crippen molar-refractivity contribution in [1.29, 1.82) is 0 Å². The van der Waals surface area contributed by atoms with E-state index in [0.29, 0.717) is 0 Å². The molecule has 0 aliphatic carbocycles. The molecular weight excluding hydrogens is 198 g/mol. The molecule has 1 aliphatic rings. The van der Waals surface area contributed by atoms with Crippen molar-refractivity contribution in [2.24, 2.45) is 0 Å². The first-order valence-electron chi connectivity index (χ1n) is 5.65. The van der Waals surface area contributed by atoms with Crippen molar-refractivity contribution < 1.29 is 4.79 Å². The van der Waals surface area contributed by atoms with Crippen molar-refractivity contribution in [2.45, 2.75) is 33.1 Å². The number of rotatable bonds is 2. The zero-order chi connectivity index (χ0) is 11.7. The fourth-order valence-corrected chi connectivity index (χ4v) is 2.10. The van der Waals surface area contributed by atoms with Crippen molar-refractivity contribution >= 4 is 11.6 Å². The number of hydrogen-bond donors (Lipinski definition) is 1. The number of hydrogen-bond acceptors (Lipinski definition) is 1. The van der Waals surface area contributed by atoms with Crippen LogP contribution in [0.2, 0.25) is 0 Å². The first-order chi connectivity index (χ1) is 7.59. The van der Waals surface area contributed by atoms with Crippen LogP contribution < -0.4 is 5.32 Å². The number of carbonyl (C=O) groups excluding carboxylic acids is 1. The lowest BCUT2D eigenvalue weighted by molar-refractivity contribution is -0.116. The molecule has 0 fully saturated rings. The normalized spacial score (nSPS) is 17.9. The van der Waals surface area contributed by atoms with Gasteiger partial charge in [-0.25, -0.2) is 0 Å². The number of benzene rings is 1. The van der Waals surface area contributed by atoms with Gasteiger partial charge in [-0.2, -0.15) is 0 Å². The molecule has 0 radical (unpaired) electrons. The highest BCUT2D eigenvalue weighted by molar-refractivity contribution is 6.03. The fraction of sp³-hybridized carbons (Fsp3) is 0.357. The third-order valence-corrected chi connectivity index (χ3v) is 3.01. The molecule has 0 aromatic heterocycles. The molecule has 2 nitrogen and oxygen atoms in total. The number of nitrogens with one attached hydrogen (secondary N) is 1. The van der Waals surface area contributed by atoms with E-state index in [1.165, 1.54) is 16.7 Å². The highest BCUT2D eigenvalue weighted by Gasteiger charge is 2.28. The van der Waals surface area contributed by atoms with Crippen LogP contribution in [0.5, 0.6) is 0 Å². The quantitative estimate of drug-likeness (QED) is 0.754. The second-order valence-electron chi connectivity index (χ2n) is 4.57. The Hall–Kier alpha value is -1.57. The van der Waals surface area contributed by atoms with E-state index in [2.05, 4.69) is 31.3 Å². The zero-order valence-electron chi connectivity index (χ0n) is 10.0. The highest BCUT2D eigenvalue weighted by atomic mass is 16.2. The molecule has 1 atom stereocenters. The summed E-state index contributed by atoms with van der Waals surface area (Å²) in [5, 5.41) is 2.92. The van der Waals surface area contributed by atoms with E-state index in [9.17, 15) is 4.79 Å². The van der Waals surface area contributed by atoms with Crippen LogP contribution in [0.15, 0.2) is 29.8 Å². The van der Waals surface area contributed by atoms with E-state index in [0.717, 1.165) is 12.1 Å². The van der Waals surface area contributed by atoms with Crippen LogP contribution in [0, 0.1) is 0 Å². The lowest BCUT2D eigenvalue weighted by atomic mass is 9.94. The molecule has 84 valence electrons. The van der Waals surface area contributed by atoms with E-state index in [-0.39, 0.29) is 11.8 Å². The average Bonchev–Trinajstić information content (AvgIpc) is 2.52. The Morgan fingerprint density at radius 1 is 1.44 bits per heavy atom. The molecule has 1 unspecified atom stereocenters. The van der Waals surface area contributed by atoms with Gasteiger partial charge in [0.25, 0.3) is 0 Å². The molecule has 16 heavy (non-hydrogen) atoms. The Morgan fingerprint density at radius 3 is 2.88 bits per heavy atom. The molecule has 1 heterocycles. The Balaban J connectivity index is 2.38. The molecule has 1 aromatic carbocycles. The summed E-state index contributed by atoms with van der Waals surface area (Å²) in [5.41, 5.74) is 4.72. The smallest absolute Gasteiger partial charge is 0.231 e. The van der Waals surface area contributed by atoms with Gasteiger partial charge in [-0.1, -0.05) is 23.8 Å². The van der Waals surface area contributed by atoms with E-state index in [1.807, 2.05) is 19.1 Å². The minimum atomic E-state index is -0.0169. The van der Waals surface area contributed by atoms with Crippen LogP contribution in [0.3, 0.4) is 0 Å². The van der Waals surface area contributed by atoms with E-state index in [1.54, 1.807) is 0 Å². The molecule has 1 amide bonds. The van der Waals surface area contributed by atoms with Crippen LogP contribution in [-0.4, -0.2) is 5.91 Å². The third-order valence-electron chi connectivity index (χ3n) is 3.01. The summed E-state index contributed by atoms with van der Waals surface area (Å²) in [6.45, 7) is 6.15. The molecule has 1 aromatic rings. The van der Waals surface area contributed by atoms with Gasteiger partial charge in [0.15, 0.2) is 0 Å². The minimum Gasteiger partial charge on any atom is -0.325 e. The van der Waals surface area contributed by atoms with Gasteiger partial charge in [-0.05, 0) is 44.4 Å². The Labute approximate surface area is 96.4 Å². The molecule has 0 bridgehead atoms. The summed E-state index contributed by atoms with van der Waals surface area (Å²) in [7, 11) is 0. The molecule has 2 heteroatoms. The number of allylic oxidation sites excluding steroid dienone is 2. The van der Waals surface area contributed by atoms with E-state index in [4.69, 9.17) is 0 Å². The summed E-state index contributed by atoms with van der Waals surface area (Å²) in [5.74, 6) is 0.0939. The molecule has 2 rings (SSSR count). The van der Waals surface area contributed by atoms with E-state index >= 15 is 0 Å². The summed E-state index contributed by atoms with van der Waals surface area (Å²) < 4.78 is 0. The van der Waals surface area contributed by atoms with Gasteiger partial charge in [-0.15, -0.1) is 0 Å². The molecule has 0 saturated heterocycles. The van der Waals surface area contributed by atoms with Gasteiger partial charge < -0.3 is 5.32 Å². The number of carbonyl (C=O) groups is 1. The largest absolute Gasteiger partial charge is 0.325 e. The van der Waals surface area contributed by atoms with Crippen molar-refractivity contribution in [3.8, 4) is 0 Å². The highest BCUT2D eigenvalue weighted by Crippen LogP contribution is 2.35. The lowest BCUT2D eigenvalue weighted by Crippen LogP contribution is -2.08. The van der Waals surface area contributed by atoms with Crippen LogP contribution in [0.1, 0.15) is 37.8 Å². The van der Waals surface area contributed by atoms with Gasteiger partial charge in [0, 0.05) is 5.69 Å². The second kappa shape index (κ2) is 4.12. The second-order valence-corrected chi connectivity index (χ2v) is 4.57. The van der Waals surface area contributed by atoms with Crippen molar-refractivity contribution in [2.75, 3.05) is 5.32 Å². The Bertz CT molecular complexity index is 456. The van der Waals surface area contributed by atoms with Crippen molar-refractivity contribution in [3.63, 3.8) is 0 Å². The molecule has 1 aliphatic heterocycles. The predicted molar refractivity (Wildman–Crippen MR) is 66.6 cm³/mol. The number of fused-ring (bicyclic) bond motifs is 1. The maximum Gasteiger partial charge on any atom is 0.231 e. The summed E-state index contributed by atoms with van der Waals surface area (Å²) in [6, 6.07) is 6.09. The summed E-state index contributed by atoms with van der Waals surface area (Å²) >= 11 is 0. The lowest BCUT2D eigenvalue weighted by Gasteiger charge is -2.08. The Kier molecular flexibility index (Phi) is 2.82. The first kappa shape index (κ1) is 10.9. The van der Waals surface area contributed by atoms with Gasteiger partial charge in [0.2, 0.25) is 5.91 Å². The van der Waals surface area contributed by atoms with Crippen LogP contribution in [0.25, 0.3) is 0 Å². The van der Waals surface area contributed by atoms with Crippen molar-refractivity contribution in [3.05, 3.63) is 41.0 Å². The molecule has 1 N–H and O–H groups in total. The molecule has 0 spiro atoms. The van der Waals surface area contributed by atoms with Gasteiger partial charge >= 0.3 is 0 Å². The van der Waals surface area contributed by atoms with Gasteiger partial charge in [0.1, 0.15) is 0 Å². The molecule has 0 saturated carbocycles. The topological polar surface area (TPSA) is 29.1 Å². The monoisotopic (exact) mass is 215 g/mol. The van der Waals surface area contributed by atoms with Crippen LogP contribution >= 0.6 is 0 Å². The van der Waals surface area contributed by atoms with Gasteiger partial charge in [-0.3, -0.25) is 4.79 Å². The maximum absolute atomic E-state index is 11.6. The van der Waals surface area contributed by atoms with Crippen LogP contribution in [0.4, 0.5) is 5.69 Å². The average molecular weight is 215 g/mol. The molecular formula is C14H17NO. The summed E-state index contributed by atoms with van der Waals surface area (Å²) in [4.78, 5) is 11.6.